The summed E-state index contributed by atoms with van der Waals surface area (Å²) in [5.41, 5.74) is 3.74. The minimum Gasteiger partial charge on any atom is -0.360 e. The first kappa shape index (κ1) is 27.1. The third-order valence-corrected chi connectivity index (χ3v) is 8.02. The van der Waals surface area contributed by atoms with Gasteiger partial charge in [0.05, 0.1) is 17.4 Å². The molecule has 9 heteroatoms. The lowest BCUT2D eigenvalue weighted by atomic mass is 10.2. The fourth-order valence-electron chi connectivity index (χ4n) is 3.76. The second-order valence-electron chi connectivity index (χ2n) is 8.70. The van der Waals surface area contributed by atoms with Crippen LogP contribution < -0.4 is 10.2 Å². The van der Waals surface area contributed by atoms with Gasteiger partial charge in [-0.1, -0.05) is 65.8 Å². The van der Waals surface area contributed by atoms with Gasteiger partial charge in [-0.25, -0.2) is 0 Å². The molecule has 1 N–H and O–H groups in total. The Morgan fingerprint density at radius 2 is 1.70 bits per heavy atom. The first-order chi connectivity index (χ1) is 17.9. The maximum absolute atomic E-state index is 12.7. The molecule has 4 aromatic rings. The number of carbonyl (C=O) groups excluding carboxylic acids is 1. The van der Waals surface area contributed by atoms with Gasteiger partial charge in [0.25, 0.3) is 0 Å². The zero-order chi connectivity index (χ0) is 26.2. The number of hydrogen-bond donors (Lipinski definition) is 1. The van der Waals surface area contributed by atoms with Crippen molar-refractivity contribution in [1.29, 1.82) is 0 Å². The summed E-state index contributed by atoms with van der Waals surface area (Å²) in [6.45, 7) is 6.29. The monoisotopic (exact) mass is 551 g/mol. The summed E-state index contributed by atoms with van der Waals surface area (Å²) in [6, 6.07) is 26.3. The molecule has 0 unspecified atom stereocenters. The van der Waals surface area contributed by atoms with Crippen molar-refractivity contribution < 1.29 is 4.79 Å². The maximum atomic E-state index is 12.7. The molecule has 0 saturated heterocycles. The third-order valence-electron chi connectivity index (χ3n) is 5.76. The molecule has 6 nitrogen and oxygen atoms in total. The van der Waals surface area contributed by atoms with Crippen molar-refractivity contribution >= 4 is 52.4 Å². The molecule has 0 fully saturated rings. The topological polar surface area (TPSA) is 63.1 Å². The Bertz CT molecular complexity index is 1310. The van der Waals surface area contributed by atoms with E-state index < -0.39 is 0 Å². The normalized spacial score (nSPS) is 11.1. The molecule has 3 aromatic carbocycles. The smallest absolute Gasteiger partial charge is 0.234 e. The van der Waals surface area contributed by atoms with Crippen molar-refractivity contribution in [1.82, 2.24) is 14.8 Å². The largest absolute Gasteiger partial charge is 0.360 e. The Morgan fingerprint density at radius 3 is 2.41 bits per heavy atom. The molecular formula is C28H30ClN5OS2. The van der Waals surface area contributed by atoms with Crippen LogP contribution in [0, 0.1) is 6.92 Å². The summed E-state index contributed by atoms with van der Waals surface area (Å²) in [5.74, 6) is 2.45. The van der Waals surface area contributed by atoms with E-state index in [0.29, 0.717) is 27.7 Å². The van der Waals surface area contributed by atoms with Gasteiger partial charge in [0, 0.05) is 28.1 Å². The fourth-order valence-corrected chi connectivity index (χ4v) is 5.81. The standard InChI is InChI=1S/C28H30ClN5OS2/c1-20(2)33(22-11-6-4-7-12-22)19-36-17-26-31-32-28(34(26)23-13-8-5-9-14-23)37-18-27(35)30-25-16-10-15-24(29)21(25)3/h4-16,20H,17-19H2,1-3H3,(H,30,35). The van der Waals surface area contributed by atoms with Gasteiger partial charge >= 0.3 is 0 Å². The number of hydrogen-bond acceptors (Lipinski definition) is 6. The van der Waals surface area contributed by atoms with E-state index >= 15 is 0 Å². The highest BCUT2D eigenvalue weighted by Crippen LogP contribution is 2.27. The van der Waals surface area contributed by atoms with Crippen LogP contribution in [0.5, 0.6) is 0 Å². The van der Waals surface area contributed by atoms with Gasteiger partial charge in [0.15, 0.2) is 5.16 Å². The molecular weight excluding hydrogens is 522 g/mol. The van der Waals surface area contributed by atoms with Crippen LogP contribution in [0.3, 0.4) is 0 Å². The van der Waals surface area contributed by atoms with Crippen LogP contribution in [-0.2, 0) is 10.5 Å². The molecule has 0 saturated carbocycles. The molecule has 0 radical (unpaired) electrons. The fraction of sp³-hybridized carbons (Fsp3) is 0.250. The molecule has 1 heterocycles. The van der Waals surface area contributed by atoms with E-state index in [-0.39, 0.29) is 11.7 Å². The average molecular weight is 552 g/mol. The van der Waals surface area contributed by atoms with Crippen molar-refractivity contribution in [3.05, 3.63) is 95.3 Å². The van der Waals surface area contributed by atoms with Crippen LogP contribution >= 0.6 is 35.1 Å². The third kappa shape index (κ3) is 7.09. The summed E-state index contributed by atoms with van der Waals surface area (Å²) in [7, 11) is 0. The van der Waals surface area contributed by atoms with Crippen LogP contribution in [0.4, 0.5) is 11.4 Å². The van der Waals surface area contributed by atoms with Crippen molar-refractivity contribution in [3.63, 3.8) is 0 Å². The highest BCUT2D eigenvalue weighted by atomic mass is 35.5. The van der Waals surface area contributed by atoms with E-state index in [9.17, 15) is 4.79 Å². The van der Waals surface area contributed by atoms with Gasteiger partial charge in [-0.2, -0.15) is 0 Å². The van der Waals surface area contributed by atoms with Gasteiger partial charge in [0.2, 0.25) is 5.91 Å². The number of carbonyl (C=O) groups is 1. The van der Waals surface area contributed by atoms with Crippen LogP contribution in [0.1, 0.15) is 25.2 Å². The number of para-hydroxylation sites is 2. The first-order valence-corrected chi connectivity index (χ1v) is 14.5. The molecule has 0 bridgehead atoms. The van der Waals surface area contributed by atoms with Gasteiger partial charge in [-0.05, 0) is 62.7 Å². The van der Waals surface area contributed by atoms with Gasteiger partial charge in [0.1, 0.15) is 5.82 Å². The number of anilines is 2. The quantitative estimate of drug-likeness (QED) is 0.159. The number of thioether (sulfide) groups is 2. The number of halogens is 1. The molecule has 0 atom stereocenters. The lowest BCUT2D eigenvalue weighted by Gasteiger charge is -2.28. The van der Waals surface area contributed by atoms with Crippen molar-refractivity contribution in [2.75, 3.05) is 21.8 Å². The van der Waals surface area contributed by atoms with Crippen LogP contribution in [0.15, 0.2) is 84.0 Å². The first-order valence-electron chi connectivity index (χ1n) is 12.0. The number of nitrogens with zero attached hydrogens (tertiary/aromatic N) is 4. The molecule has 1 amide bonds. The number of nitrogens with one attached hydrogen (secondary N) is 1. The minimum atomic E-state index is -0.121. The maximum Gasteiger partial charge on any atom is 0.234 e. The Hall–Kier alpha value is -2.94. The van der Waals surface area contributed by atoms with E-state index in [2.05, 4.69) is 58.5 Å². The zero-order valence-electron chi connectivity index (χ0n) is 21.1. The number of amides is 1. The minimum absolute atomic E-state index is 0.121. The molecule has 0 aliphatic heterocycles. The zero-order valence-corrected chi connectivity index (χ0v) is 23.5. The van der Waals surface area contributed by atoms with E-state index in [4.69, 9.17) is 11.6 Å². The van der Waals surface area contributed by atoms with E-state index in [0.717, 1.165) is 23.0 Å². The van der Waals surface area contributed by atoms with Crippen LogP contribution in [-0.4, -0.2) is 38.3 Å². The van der Waals surface area contributed by atoms with Gasteiger partial charge in [-0.3, -0.25) is 9.36 Å². The van der Waals surface area contributed by atoms with Gasteiger partial charge in [-0.15, -0.1) is 22.0 Å². The average Bonchev–Trinajstić information content (AvgIpc) is 3.31. The second kappa shape index (κ2) is 13.0. The summed E-state index contributed by atoms with van der Waals surface area (Å²) < 4.78 is 2.04. The number of aromatic nitrogens is 3. The SMILES string of the molecule is Cc1c(Cl)cccc1NC(=O)CSc1nnc(CSCN(c2ccccc2)C(C)C)n1-c1ccccc1. The summed E-state index contributed by atoms with van der Waals surface area (Å²) in [4.78, 5) is 15.1. The molecule has 192 valence electrons. The summed E-state index contributed by atoms with van der Waals surface area (Å²) >= 11 is 9.35. The lowest BCUT2D eigenvalue weighted by molar-refractivity contribution is -0.113. The molecule has 37 heavy (non-hydrogen) atoms. The molecule has 4 rings (SSSR count). The van der Waals surface area contributed by atoms with Gasteiger partial charge < -0.3 is 10.2 Å². The van der Waals surface area contributed by atoms with Crippen molar-refractivity contribution in [2.45, 2.75) is 37.7 Å². The Balaban J connectivity index is 1.46. The lowest BCUT2D eigenvalue weighted by Crippen LogP contribution is -2.30. The molecule has 0 aliphatic rings. The van der Waals surface area contributed by atoms with E-state index in [1.165, 1.54) is 17.4 Å². The Labute approximate surface area is 231 Å². The van der Waals surface area contributed by atoms with Crippen LogP contribution in [0.2, 0.25) is 5.02 Å². The molecule has 0 spiro atoms. The number of rotatable bonds is 11. The van der Waals surface area contributed by atoms with E-state index in [1.54, 1.807) is 11.8 Å². The predicted octanol–water partition coefficient (Wildman–Crippen LogP) is 7.07. The van der Waals surface area contributed by atoms with E-state index in [1.807, 2.05) is 66.1 Å². The Morgan fingerprint density at radius 1 is 1.00 bits per heavy atom. The highest BCUT2D eigenvalue weighted by molar-refractivity contribution is 7.99. The number of benzene rings is 3. The van der Waals surface area contributed by atoms with Crippen molar-refractivity contribution in [3.8, 4) is 5.69 Å². The van der Waals surface area contributed by atoms with Crippen molar-refractivity contribution in [2.24, 2.45) is 0 Å². The van der Waals surface area contributed by atoms with Crippen LogP contribution in [0.25, 0.3) is 5.69 Å². The summed E-state index contributed by atoms with van der Waals surface area (Å²) in [5, 5.41) is 13.2. The molecule has 0 aliphatic carbocycles. The summed E-state index contributed by atoms with van der Waals surface area (Å²) in [6.07, 6.45) is 0. The highest BCUT2D eigenvalue weighted by Gasteiger charge is 2.18. The predicted molar refractivity (Wildman–Crippen MR) is 157 cm³/mol. The Kier molecular flexibility index (Phi) is 9.55. The second-order valence-corrected chi connectivity index (χ2v) is 11.0. The molecule has 1 aromatic heterocycles.